The monoisotopic (exact) mass is 1020 g/mol. The van der Waals surface area contributed by atoms with E-state index >= 15 is 0 Å². The minimum absolute atomic E-state index is 0.0182. The molecular formula is C76H82N2. The van der Waals surface area contributed by atoms with Crippen molar-refractivity contribution in [3.63, 3.8) is 0 Å². The molecule has 0 saturated carbocycles. The summed E-state index contributed by atoms with van der Waals surface area (Å²) in [6, 6.07) is 66.4. The van der Waals surface area contributed by atoms with Gasteiger partial charge in [-0.25, -0.2) is 0 Å². The molecule has 11 rings (SSSR count). The van der Waals surface area contributed by atoms with E-state index < -0.39 is 0 Å². The highest BCUT2D eigenvalue weighted by molar-refractivity contribution is 6.27. The standard InChI is InChI=1S/C76H82N2/c1-71(2,3)50-28-34-57(49-40-54(75(13,14)15)42-55(41-49)76(16,17)18)61(43-50)58-35-29-53(74(10,11)12)46-68(58)77(56-22-20-19-21-23-56)64-36-26-47-25-33-60-65(37-27-48-24-32-59(64)69(47)70(48)60)78-66-38-30-51(72(4,5)6)44-62(66)63-45-52(73(7,8)9)31-39-67(63)78/h19-46H,1-18H3. The lowest BCUT2D eigenvalue weighted by molar-refractivity contribution is 0.569. The van der Waals surface area contributed by atoms with E-state index in [0.717, 1.165) is 17.1 Å². The van der Waals surface area contributed by atoms with Gasteiger partial charge in [0.05, 0.1) is 28.1 Å². The van der Waals surface area contributed by atoms with Gasteiger partial charge in [-0.3, -0.25) is 0 Å². The molecule has 0 unspecified atom stereocenters. The fraction of sp³-hybridized carbons (Fsp3) is 0.316. The molecule has 0 aliphatic carbocycles. The molecule has 1 heterocycles. The molecule has 10 aromatic carbocycles. The predicted octanol–water partition coefficient (Wildman–Crippen LogP) is 22.3. The second-order valence-electron chi connectivity index (χ2n) is 28.9. The fourth-order valence-electron chi connectivity index (χ4n) is 11.9. The van der Waals surface area contributed by atoms with E-state index in [9.17, 15) is 0 Å². The zero-order chi connectivity index (χ0) is 55.8. The Balaban J connectivity index is 1.21. The average molecular weight is 1020 g/mol. The van der Waals surface area contributed by atoms with Gasteiger partial charge in [0.1, 0.15) is 0 Å². The Kier molecular flexibility index (Phi) is 12.3. The number of benzene rings is 10. The lowest BCUT2D eigenvalue weighted by atomic mass is 9.77. The number of hydrogen-bond acceptors (Lipinski definition) is 1. The van der Waals surface area contributed by atoms with E-state index in [1.165, 1.54) is 115 Å². The van der Waals surface area contributed by atoms with Gasteiger partial charge in [0.25, 0.3) is 0 Å². The Bertz CT molecular complexity index is 4010. The Morgan fingerprint density at radius 1 is 0.295 bits per heavy atom. The van der Waals surface area contributed by atoms with E-state index in [0.29, 0.717) is 0 Å². The molecule has 11 aromatic rings. The zero-order valence-corrected chi connectivity index (χ0v) is 50.1. The number of aromatic nitrogens is 1. The molecule has 2 heteroatoms. The maximum atomic E-state index is 2.57. The van der Waals surface area contributed by atoms with Gasteiger partial charge >= 0.3 is 0 Å². The fourth-order valence-corrected chi connectivity index (χ4v) is 11.9. The molecule has 0 spiro atoms. The van der Waals surface area contributed by atoms with Crippen LogP contribution in [0.4, 0.5) is 17.1 Å². The van der Waals surface area contributed by atoms with Gasteiger partial charge in [-0.15, -0.1) is 0 Å². The van der Waals surface area contributed by atoms with Crippen LogP contribution in [0.5, 0.6) is 0 Å². The second kappa shape index (κ2) is 18.2. The number of hydrogen-bond donors (Lipinski definition) is 0. The van der Waals surface area contributed by atoms with Crippen molar-refractivity contribution in [1.29, 1.82) is 0 Å². The minimum Gasteiger partial charge on any atom is -0.309 e. The molecule has 0 aliphatic heterocycles. The van der Waals surface area contributed by atoms with E-state index in [4.69, 9.17) is 0 Å². The molecule has 2 nitrogen and oxygen atoms in total. The molecule has 0 amide bonds. The molecule has 0 radical (unpaired) electrons. The lowest BCUT2D eigenvalue weighted by Crippen LogP contribution is -2.17. The van der Waals surface area contributed by atoms with Crippen molar-refractivity contribution in [2.45, 2.75) is 157 Å². The third kappa shape index (κ3) is 9.27. The number of fused-ring (bicyclic) bond motifs is 3. The molecule has 0 atom stereocenters. The van der Waals surface area contributed by atoms with Crippen molar-refractivity contribution < 1.29 is 0 Å². The van der Waals surface area contributed by atoms with Crippen LogP contribution in [0.15, 0.2) is 170 Å². The van der Waals surface area contributed by atoms with Crippen molar-refractivity contribution in [1.82, 2.24) is 4.57 Å². The molecule has 0 bridgehead atoms. The van der Waals surface area contributed by atoms with E-state index in [1.54, 1.807) is 0 Å². The predicted molar refractivity (Wildman–Crippen MR) is 342 cm³/mol. The van der Waals surface area contributed by atoms with Crippen molar-refractivity contribution in [3.8, 4) is 27.9 Å². The van der Waals surface area contributed by atoms with Gasteiger partial charge in [0.2, 0.25) is 0 Å². The van der Waals surface area contributed by atoms with Crippen molar-refractivity contribution in [3.05, 3.63) is 203 Å². The van der Waals surface area contributed by atoms with Crippen LogP contribution >= 0.6 is 0 Å². The van der Waals surface area contributed by atoms with Crippen LogP contribution < -0.4 is 4.90 Å². The molecular weight excluding hydrogens is 941 g/mol. The summed E-state index contributed by atoms with van der Waals surface area (Å²) in [6.07, 6.45) is 0. The second-order valence-corrected chi connectivity index (χ2v) is 28.9. The molecule has 1 aromatic heterocycles. The number of nitrogens with zero attached hydrogens (tertiary/aromatic N) is 2. The quantitative estimate of drug-likeness (QED) is 0.151. The van der Waals surface area contributed by atoms with Crippen molar-refractivity contribution >= 4 is 71.2 Å². The first-order chi connectivity index (χ1) is 36.5. The van der Waals surface area contributed by atoms with Crippen LogP contribution in [0.2, 0.25) is 0 Å². The number of rotatable bonds is 6. The van der Waals surface area contributed by atoms with Crippen LogP contribution in [0.25, 0.3) is 82.1 Å². The van der Waals surface area contributed by atoms with Gasteiger partial charge in [-0.1, -0.05) is 234 Å². The zero-order valence-electron chi connectivity index (χ0n) is 50.1. The molecule has 396 valence electrons. The Morgan fingerprint density at radius 3 is 1.26 bits per heavy atom. The third-order valence-corrected chi connectivity index (χ3v) is 16.9. The summed E-state index contributed by atoms with van der Waals surface area (Å²) < 4.78 is 2.54. The summed E-state index contributed by atoms with van der Waals surface area (Å²) in [6.45, 7) is 42.0. The largest absolute Gasteiger partial charge is 0.309 e. The highest BCUT2D eigenvalue weighted by Crippen LogP contribution is 2.51. The van der Waals surface area contributed by atoms with Crippen LogP contribution in [-0.2, 0) is 32.5 Å². The van der Waals surface area contributed by atoms with E-state index in [2.05, 4.69) is 304 Å². The maximum absolute atomic E-state index is 2.57. The number of para-hydroxylation sites is 1. The summed E-state index contributed by atoms with van der Waals surface area (Å²) in [5, 5.41) is 10.1. The van der Waals surface area contributed by atoms with Crippen LogP contribution in [0.3, 0.4) is 0 Å². The first-order valence-electron chi connectivity index (χ1n) is 28.6. The highest BCUT2D eigenvalue weighted by atomic mass is 15.1. The molecule has 0 fully saturated rings. The van der Waals surface area contributed by atoms with E-state index in [-0.39, 0.29) is 32.5 Å². The summed E-state index contributed by atoms with van der Waals surface area (Å²) in [5.74, 6) is 0. The SMILES string of the molecule is CC(C)(C)c1cc(-c2ccc(C(C)(C)C)cc2-c2ccc(C(C)(C)C)cc2N(c2ccccc2)c2ccc3ccc4c(-n5c6ccc(C(C)(C)C)cc6c6cc(C(C)(C)C)ccc65)ccc5ccc2c3c54)cc(C(C)(C)C)c1. The van der Waals surface area contributed by atoms with Crippen LogP contribution in [0, 0.1) is 0 Å². The highest BCUT2D eigenvalue weighted by Gasteiger charge is 2.29. The topological polar surface area (TPSA) is 8.17 Å². The van der Waals surface area contributed by atoms with Crippen molar-refractivity contribution in [2.75, 3.05) is 4.90 Å². The summed E-state index contributed by atoms with van der Waals surface area (Å²) in [4.78, 5) is 2.57. The van der Waals surface area contributed by atoms with Gasteiger partial charge < -0.3 is 9.47 Å². The Morgan fingerprint density at radius 2 is 0.731 bits per heavy atom. The smallest absolute Gasteiger partial charge is 0.0543 e. The molecule has 0 N–H and O–H groups in total. The molecule has 0 saturated heterocycles. The normalized spacial score (nSPS) is 13.3. The average Bonchev–Trinajstić information content (AvgIpc) is 3.93. The Hall–Kier alpha value is -7.16. The molecule has 78 heavy (non-hydrogen) atoms. The minimum atomic E-state index is -0.108. The maximum Gasteiger partial charge on any atom is 0.0543 e. The van der Waals surface area contributed by atoms with Crippen molar-refractivity contribution in [2.24, 2.45) is 0 Å². The number of anilines is 3. The summed E-state index contributed by atoms with van der Waals surface area (Å²) in [7, 11) is 0. The lowest BCUT2D eigenvalue weighted by Gasteiger charge is -2.32. The summed E-state index contributed by atoms with van der Waals surface area (Å²) in [5.41, 5.74) is 19.8. The Labute approximate surface area is 466 Å². The van der Waals surface area contributed by atoms with Crippen LogP contribution in [-0.4, -0.2) is 4.57 Å². The van der Waals surface area contributed by atoms with E-state index in [1.807, 2.05) is 0 Å². The first kappa shape index (κ1) is 52.9. The van der Waals surface area contributed by atoms with Crippen LogP contribution in [0.1, 0.15) is 158 Å². The van der Waals surface area contributed by atoms with Gasteiger partial charge in [-0.2, -0.15) is 0 Å². The van der Waals surface area contributed by atoms with Gasteiger partial charge in [0, 0.05) is 32.8 Å². The summed E-state index contributed by atoms with van der Waals surface area (Å²) >= 11 is 0. The first-order valence-corrected chi connectivity index (χ1v) is 28.6. The van der Waals surface area contributed by atoms with Gasteiger partial charge in [0.15, 0.2) is 0 Å². The van der Waals surface area contributed by atoms with Gasteiger partial charge in [-0.05, 0) is 165 Å². The molecule has 0 aliphatic rings. The third-order valence-electron chi connectivity index (χ3n) is 16.9.